The van der Waals surface area contributed by atoms with E-state index in [1.165, 1.54) is 5.56 Å². The third kappa shape index (κ3) is 4.04. The standard InChI is InChI=1S/C13H19BrN2O/c1-4-10-8-11(14)6-7-12(10)15-9-13(17)16(3)5-2/h6-8,15H,4-5,9H2,1-3H3. The SMILES string of the molecule is CCc1cc(Br)ccc1NCC(=O)N(C)CC. The summed E-state index contributed by atoms with van der Waals surface area (Å²) >= 11 is 3.45. The number of halogens is 1. The fourth-order valence-electron chi connectivity index (χ4n) is 1.51. The maximum Gasteiger partial charge on any atom is 0.241 e. The molecule has 0 radical (unpaired) electrons. The quantitative estimate of drug-likeness (QED) is 0.906. The number of carbonyl (C=O) groups excluding carboxylic acids is 1. The van der Waals surface area contributed by atoms with Crippen molar-refractivity contribution in [2.75, 3.05) is 25.5 Å². The molecule has 1 N–H and O–H groups in total. The lowest BCUT2D eigenvalue weighted by molar-refractivity contribution is -0.127. The van der Waals surface area contributed by atoms with Gasteiger partial charge in [0.25, 0.3) is 0 Å². The van der Waals surface area contributed by atoms with E-state index in [1.807, 2.05) is 26.1 Å². The number of anilines is 1. The van der Waals surface area contributed by atoms with Crippen LogP contribution in [0.2, 0.25) is 0 Å². The van der Waals surface area contributed by atoms with E-state index < -0.39 is 0 Å². The fourth-order valence-corrected chi connectivity index (χ4v) is 1.92. The Morgan fingerprint density at radius 3 is 2.71 bits per heavy atom. The van der Waals surface area contributed by atoms with Gasteiger partial charge >= 0.3 is 0 Å². The number of aryl methyl sites for hydroxylation is 1. The van der Waals surface area contributed by atoms with Crippen molar-refractivity contribution in [1.82, 2.24) is 4.90 Å². The van der Waals surface area contributed by atoms with Gasteiger partial charge in [-0.25, -0.2) is 0 Å². The predicted octanol–water partition coefficient (Wildman–Crippen LogP) is 2.90. The smallest absolute Gasteiger partial charge is 0.241 e. The summed E-state index contributed by atoms with van der Waals surface area (Å²) in [6.07, 6.45) is 0.944. The zero-order valence-corrected chi connectivity index (χ0v) is 12.2. The summed E-state index contributed by atoms with van der Waals surface area (Å²) in [4.78, 5) is 13.4. The van der Waals surface area contributed by atoms with E-state index in [0.717, 1.165) is 23.1 Å². The van der Waals surface area contributed by atoms with Crippen LogP contribution in [-0.2, 0) is 11.2 Å². The van der Waals surface area contributed by atoms with E-state index in [0.29, 0.717) is 6.54 Å². The number of hydrogen-bond donors (Lipinski definition) is 1. The zero-order chi connectivity index (χ0) is 12.8. The molecule has 0 saturated heterocycles. The van der Waals surface area contributed by atoms with Crippen molar-refractivity contribution >= 4 is 27.5 Å². The topological polar surface area (TPSA) is 32.3 Å². The molecule has 1 aromatic rings. The van der Waals surface area contributed by atoms with Gasteiger partial charge in [-0.15, -0.1) is 0 Å². The molecule has 4 heteroatoms. The second-order valence-corrected chi connectivity index (χ2v) is 4.83. The van der Waals surface area contributed by atoms with Crippen LogP contribution in [0.5, 0.6) is 0 Å². The first-order chi connectivity index (χ1) is 8.08. The van der Waals surface area contributed by atoms with Gasteiger partial charge in [-0.3, -0.25) is 4.79 Å². The number of nitrogens with zero attached hydrogens (tertiary/aromatic N) is 1. The van der Waals surface area contributed by atoms with E-state index in [4.69, 9.17) is 0 Å². The highest BCUT2D eigenvalue weighted by Gasteiger charge is 2.07. The van der Waals surface area contributed by atoms with Crippen molar-refractivity contribution in [3.8, 4) is 0 Å². The molecule has 1 amide bonds. The van der Waals surface area contributed by atoms with E-state index in [2.05, 4.69) is 34.2 Å². The molecule has 1 aromatic carbocycles. The van der Waals surface area contributed by atoms with Crippen LogP contribution in [0.1, 0.15) is 19.4 Å². The van der Waals surface area contributed by atoms with Crippen LogP contribution in [0.25, 0.3) is 0 Å². The molecule has 0 spiro atoms. The molecule has 0 heterocycles. The van der Waals surface area contributed by atoms with Gasteiger partial charge in [-0.1, -0.05) is 22.9 Å². The Hall–Kier alpha value is -1.03. The molecule has 0 aliphatic heterocycles. The Morgan fingerprint density at radius 1 is 1.41 bits per heavy atom. The molecule has 0 aliphatic rings. The summed E-state index contributed by atoms with van der Waals surface area (Å²) < 4.78 is 1.07. The minimum Gasteiger partial charge on any atom is -0.376 e. The van der Waals surface area contributed by atoms with E-state index in [9.17, 15) is 4.79 Å². The molecule has 94 valence electrons. The molecule has 0 fully saturated rings. The molecule has 0 aromatic heterocycles. The van der Waals surface area contributed by atoms with Crippen molar-refractivity contribution in [3.63, 3.8) is 0 Å². The third-order valence-corrected chi connectivity index (χ3v) is 3.27. The highest BCUT2D eigenvalue weighted by Crippen LogP contribution is 2.21. The molecule has 3 nitrogen and oxygen atoms in total. The molecule has 1 rings (SSSR count). The largest absolute Gasteiger partial charge is 0.376 e. The normalized spacial score (nSPS) is 10.1. The van der Waals surface area contributed by atoms with Gasteiger partial charge in [-0.05, 0) is 37.1 Å². The van der Waals surface area contributed by atoms with Crippen LogP contribution in [0.3, 0.4) is 0 Å². The van der Waals surface area contributed by atoms with E-state index in [1.54, 1.807) is 4.90 Å². The second-order valence-electron chi connectivity index (χ2n) is 3.92. The summed E-state index contributed by atoms with van der Waals surface area (Å²) in [5.41, 5.74) is 2.25. The molecule has 0 saturated carbocycles. The van der Waals surface area contributed by atoms with Crippen LogP contribution in [-0.4, -0.2) is 30.9 Å². The summed E-state index contributed by atoms with van der Waals surface area (Å²) in [6, 6.07) is 6.06. The number of benzene rings is 1. The highest BCUT2D eigenvalue weighted by atomic mass is 79.9. The van der Waals surface area contributed by atoms with Gasteiger partial charge in [0.05, 0.1) is 6.54 Å². The summed E-state index contributed by atoms with van der Waals surface area (Å²) in [7, 11) is 1.81. The van der Waals surface area contributed by atoms with Gasteiger partial charge < -0.3 is 10.2 Å². The van der Waals surface area contributed by atoms with Crippen molar-refractivity contribution < 1.29 is 4.79 Å². The number of amides is 1. The average Bonchev–Trinajstić information content (AvgIpc) is 2.35. The molecule has 0 aliphatic carbocycles. The van der Waals surface area contributed by atoms with Crippen molar-refractivity contribution in [1.29, 1.82) is 0 Å². The lowest BCUT2D eigenvalue weighted by Crippen LogP contribution is -2.32. The zero-order valence-electron chi connectivity index (χ0n) is 10.6. The Morgan fingerprint density at radius 2 is 2.12 bits per heavy atom. The molecular formula is C13H19BrN2O. The van der Waals surface area contributed by atoms with Crippen molar-refractivity contribution in [2.24, 2.45) is 0 Å². The van der Waals surface area contributed by atoms with Gasteiger partial charge in [0, 0.05) is 23.8 Å². The average molecular weight is 299 g/mol. The fraction of sp³-hybridized carbons (Fsp3) is 0.462. The molecule has 0 bridgehead atoms. The first-order valence-electron chi connectivity index (χ1n) is 5.84. The van der Waals surface area contributed by atoms with E-state index in [-0.39, 0.29) is 5.91 Å². The highest BCUT2D eigenvalue weighted by molar-refractivity contribution is 9.10. The Balaban J connectivity index is 2.66. The third-order valence-electron chi connectivity index (χ3n) is 2.78. The van der Waals surface area contributed by atoms with Gasteiger partial charge in [0.2, 0.25) is 5.91 Å². The van der Waals surface area contributed by atoms with Gasteiger partial charge in [-0.2, -0.15) is 0 Å². The second kappa shape index (κ2) is 6.64. The Labute approximate surface area is 111 Å². The van der Waals surface area contributed by atoms with Crippen LogP contribution < -0.4 is 5.32 Å². The van der Waals surface area contributed by atoms with Crippen LogP contribution >= 0.6 is 15.9 Å². The summed E-state index contributed by atoms with van der Waals surface area (Å²) in [5, 5.41) is 3.19. The summed E-state index contributed by atoms with van der Waals surface area (Å²) in [6.45, 7) is 5.16. The van der Waals surface area contributed by atoms with Crippen LogP contribution in [0, 0.1) is 0 Å². The molecule has 0 unspecified atom stereocenters. The Bertz CT molecular complexity index is 393. The Kier molecular flexibility index (Phi) is 5.48. The summed E-state index contributed by atoms with van der Waals surface area (Å²) in [5.74, 6) is 0.109. The first kappa shape index (κ1) is 14.0. The molecular weight excluding hydrogens is 280 g/mol. The number of hydrogen-bond acceptors (Lipinski definition) is 2. The maximum atomic E-state index is 11.7. The van der Waals surface area contributed by atoms with Gasteiger partial charge in [0.1, 0.15) is 0 Å². The monoisotopic (exact) mass is 298 g/mol. The lowest BCUT2D eigenvalue weighted by atomic mass is 10.1. The molecule has 17 heavy (non-hydrogen) atoms. The number of carbonyl (C=O) groups is 1. The number of likely N-dealkylation sites (N-methyl/N-ethyl adjacent to an activating group) is 1. The number of nitrogens with one attached hydrogen (secondary N) is 1. The van der Waals surface area contributed by atoms with Crippen molar-refractivity contribution in [2.45, 2.75) is 20.3 Å². The van der Waals surface area contributed by atoms with Crippen molar-refractivity contribution in [3.05, 3.63) is 28.2 Å². The first-order valence-corrected chi connectivity index (χ1v) is 6.64. The minimum absolute atomic E-state index is 0.109. The van der Waals surface area contributed by atoms with E-state index >= 15 is 0 Å². The lowest BCUT2D eigenvalue weighted by Gasteiger charge is -2.16. The van der Waals surface area contributed by atoms with Gasteiger partial charge in [0.15, 0.2) is 0 Å². The predicted molar refractivity (Wildman–Crippen MR) is 75.3 cm³/mol. The number of rotatable bonds is 5. The van der Waals surface area contributed by atoms with Crippen LogP contribution in [0.4, 0.5) is 5.69 Å². The maximum absolute atomic E-state index is 11.7. The minimum atomic E-state index is 0.109. The van der Waals surface area contributed by atoms with Crippen LogP contribution in [0.15, 0.2) is 22.7 Å². The molecule has 0 atom stereocenters.